The van der Waals surface area contributed by atoms with Crippen molar-refractivity contribution >= 4 is 5.97 Å². The summed E-state index contributed by atoms with van der Waals surface area (Å²) in [4.78, 5) is 40.3. The van der Waals surface area contributed by atoms with Crippen LogP contribution < -0.4 is 11.2 Å². The van der Waals surface area contributed by atoms with Crippen molar-refractivity contribution < 1.29 is 23.1 Å². The van der Waals surface area contributed by atoms with Gasteiger partial charge in [-0.15, -0.1) is 0 Å². The second-order valence-corrected chi connectivity index (χ2v) is 5.74. The van der Waals surface area contributed by atoms with Crippen molar-refractivity contribution in [3.05, 3.63) is 61.9 Å². The van der Waals surface area contributed by atoms with E-state index in [1.165, 1.54) is 6.07 Å². The van der Waals surface area contributed by atoms with Gasteiger partial charge in [0, 0.05) is 6.54 Å². The maximum Gasteiger partial charge on any atom is 0.416 e. The van der Waals surface area contributed by atoms with Gasteiger partial charge >= 0.3 is 17.8 Å². The van der Waals surface area contributed by atoms with Gasteiger partial charge in [-0.2, -0.15) is 13.2 Å². The highest BCUT2D eigenvalue weighted by molar-refractivity contribution is 5.86. The molecule has 0 amide bonds. The molecule has 0 aliphatic rings. The molecule has 2 aromatic rings. The first-order chi connectivity index (χ1) is 12.6. The summed E-state index contributed by atoms with van der Waals surface area (Å²) in [5.41, 5.74) is -4.20. The molecule has 2 rings (SSSR count). The molecule has 1 aromatic carbocycles. The second kappa shape index (κ2) is 7.78. The van der Waals surface area contributed by atoms with Crippen molar-refractivity contribution in [3.8, 4) is 5.69 Å². The lowest BCUT2D eigenvalue weighted by Gasteiger charge is -2.19. The molecule has 0 saturated heterocycles. The van der Waals surface area contributed by atoms with E-state index < -0.39 is 34.7 Å². The van der Waals surface area contributed by atoms with Gasteiger partial charge < -0.3 is 10.1 Å². The van der Waals surface area contributed by atoms with Gasteiger partial charge in [-0.3, -0.25) is 9.69 Å². The number of rotatable bonds is 6. The Balaban J connectivity index is 2.74. The molecule has 10 heteroatoms. The zero-order valence-corrected chi connectivity index (χ0v) is 14.6. The highest BCUT2D eigenvalue weighted by atomic mass is 19.4. The van der Waals surface area contributed by atoms with Crippen molar-refractivity contribution in [3.63, 3.8) is 0 Å². The molecule has 1 heterocycles. The van der Waals surface area contributed by atoms with Gasteiger partial charge in [0.1, 0.15) is 5.69 Å². The molecule has 27 heavy (non-hydrogen) atoms. The number of carboxylic acid groups (broad SMARTS) is 1. The minimum atomic E-state index is -4.66. The average molecular weight is 385 g/mol. The van der Waals surface area contributed by atoms with Crippen LogP contribution in [-0.4, -0.2) is 38.6 Å². The van der Waals surface area contributed by atoms with E-state index in [0.29, 0.717) is 23.7 Å². The number of aromatic nitrogens is 2. The van der Waals surface area contributed by atoms with Crippen LogP contribution in [0.15, 0.2) is 33.9 Å². The number of hydrogen-bond donors (Lipinski definition) is 2. The number of hydrogen-bond acceptors (Lipinski definition) is 4. The molecule has 0 radical (unpaired) electrons. The van der Waals surface area contributed by atoms with E-state index in [-0.39, 0.29) is 17.8 Å². The average Bonchev–Trinajstić information content (AvgIpc) is 2.60. The predicted molar refractivity (Wildman–Crippen MR) is 91.2 cm³/mol. The lowest BCUT2D eigenvalue weighted by atomic mass is 10.1. The number of alkyl halides is 3. The van der Waals surface area contributed by atoms with Crippen molar-refractivity contribution in [2.75, 3.05) is 13.1 Å². The fourth-order valence-electron chi connectivity index (χ4n) is 2.63. The van der Waals surface area contributed by atoms with E-state index in [9.17, 15) is 32.7 Å². The number of benzene rings is 1. The molecular formula is C17H18F3N3O4. The zero-order valence-electron chi connectivity index (χ0n) is 14.6. The van der Waals surface area contributed by atoms with Gasteiger partial charge in [0.25, 0.3) is 5.56 Å². The third-order valence-corrected chi connectivity index (χ3v) is 4.12. The summed E-state index contributed by atoms with van der Waals surface area (Å²) in [5.74, 6) is -1.50. The lowest BCUT2D eigenvalue weighted by molar-refractivity contribution is -0.137. The van der Waals surface area contributed by atoms with Crippen LogP contribution in [0.2, 0.25) is 0 Å². The first kappa shape index (κ1) is 20.4. The molecule has 0 atom stereocenters. The maximum atomic E-state index is 12.9. The molecule has 0 unspecified atom stereocenters. The van der Waals surface area contributed by atoms with E-state index in [4.69, 9.17) is 0 Å². The van der Waals surface area contributed by atoms with Gasteiger partial charge in [-0.05, 0) is 31.3 Å². The Morgan fingerprint density at radius 2 is 1.85 bits per heavy atom. The number of nitrogens with zero attached hydrogens (tertiary/aromatic N) is 2. The lowest BCUT2D eigenvalue weighted by Crippen LogP contribution is -2.40. The van der Waals surface area contributed by atoms with Crippen LogP contribution in [-0.2, 0) is 12.7 Å². The van der Waals surface area contributed by atoms with Crippen molar-refractivity contribution in [2.45, 2.75) is 26.6 Å². The minimum absolute atomic E-state index is 0.0663. The number of halogens is 3. The summed E-state index contributed by atoms with van der Waals surface area (Å²) in [6.07, 6.45) is -4.66. The monoisotopic (exact) mass is 385 g/mol. The van der Waals surface area contributed by atoms with E-state index in [1.807, 2.05) is 0 Å². The maximum absolute atomic E-state index is 12.9. The summed E-state index contributed by atoms with van der Waals surface area (Å²) < 4.78 is 39.3. The van der Waals surface area contributed by atoms with Gasteiger partial charge in [-0.1, -0.05) is 19.9 Å². The Morgan fingerprint density at radius 1 is 1.22 bits per heavy atom. The number of carboxylic acids is 1. The summed E-state index contributed by atoms with van der Waals surface area (Å²) in [7, 11) is 0. The molecule has 7 nitrogen and oxygen atoms in total. The summed E-state index contributed by atoms with van der Waals surface area (Å²) >= 11 is 0. The van der Waals surface area contributed by atoms with E-state index in [2.05, 4.69) is 4.98 Å². The first-order valence-corrected chi connectivity index (χ1v) is 8.11. The van der Waals surface area contributed by atoms with E-state index in [0.717, 1.165) is 12.1 Å². The van der Waals surface area contributed by atoms with Crippen LogP contribution >= 0.6 is 0 Å². The quantitative estimate of drug-likeness (QED) is 0.794. The van der Waals surface area contributed by atoms with Gasteiger partial charge in [0.15, 0.2) is 0 Å². The number of carbonyl (C=O) groups is 1. The highest BCUT2D eigenvalue weighted by Crippen LogP contribution is 2.29. The highest BCUT2D eigenvalue weighted by Gasteiger charge is 2.31. The van der Waals surface area contributed by atoms with Crippen LogP contribution in [0.3, 0.4) is 0 Å². The van der Waals surface area contributed by atoms with Crippen LogP contribution in [0, 0.1) is 0 Å². The Morgan fingerprint density at radius 3 is 2.37 bits per heavy atom. The van der Waals surface area contributed by atoms with E-state index in [1.54, 1.807) is 18.7 Å². The number of H-pyrrole nitrogens is 1. The van der Waals surface area contributed by atoms with Crippen LogP contribution in [0.25, 0.3) is 5.69 Å². The molecule has 0 fully saturated rings. The van der Waals surface area contributed by atoms with Crippen LogP contribution in [0.5, 0.6) is 0 Å². The van der Waals surface area contributed by atoms with Gasteiger partial charge in [0.2, 0.25) is 0 Å². The Kier molecular flexibility index (Phi) is 5.89. The molecule has 0 spiro atoms. The number of aromatic amines is 1. The molecule has 0 saturated carbocycles. The smallest absolute Gasteiger partial charge is 0.416 e. The predicted octanol–water partition coefficient (Wildman–Crippen LogP) is 2.08. The van der Waals surface area contributed by atoms with Gasteiger partial charge in [0.05, 0.1) is 16.8 Å². The molecule has 0 aliphatic carbocycles. The van der Waals surface area contributed by atoms with Crippen LogP contribution in [0.1, 0.15) is 35.5 Å². The Labute approximate surface area is 151 Å². The number of nitrogens with one attached hydrogen (secondary N) is 1. The third-order valence-electron chi connectivity index (χ3n) is 4.12. The minimum Gasteiger partial charge on any atom is -0.477 e. The van der Waals surface area contributed by atoms with Crippen molar-refractivity contribution in [1.82, 2.24) is 14.5 Å². The molecule has 1 aromatic heterocycles. The normalized spacial score (nSPS) is 11.8. The number of aromatic carboxylic acids is 1. The first-order valence-electron chi connectivity index (χ1n) is 8.11. The fourth-order valence-corrected chi connectivity index (χ4v) is 2.63. The Hall–Kier alpha value is -2.88. The van der Waals surface area contributed by atoms with Gasteiger partial charge in [-0.25, -0.2) is 14.2 Å². The molecule has 0 bridgehead atoms. The topological polar surface area (TPSA) is 95.4 Å². The molecular weight excluding hydrogens is 367 g/mol. The molecule has 146 valence electrons. The van der Waals surface area contributed by atoms with E-state index >= 15 is 0 Å². The van der Waals surface area contributed by atoms with Crippen molar-refractivity contribution in [2.24, 2.45) is 0 Å². The Bertz CT molecular complexity index is 959. The largest absolute Gasteiger partial charge is 0.477 e. The third kappa shape index (κ3) is 4.27. The standard InChI is InChI=1S/C17H18F3N3O4/c1-3-22(4-2)9-12-13(15(25)26)21-16(27)23(14(12)24)11-7-5-6-10(8-11)17(18,19)20/h5-8H,3-4,9H2,1-2H3,(H,21,27)(H,25,26). The SMILES string of the molecule is CCN(CC)Cc1c(C(=O)O)[nH]c(=O)n(-c2cccc(C(F)(F)F)c2)c1=O. The second-order valence-electron chi connectivity index (χ2n) is 5.74. The zero-order chi connectivity index (χ0) is 20.4. The van der Waals surface area contributed by atoms with Crippen molar-refractivity contribution in [1.29, 1.82) is 0 Å². The molecule has 2 N–H and O–H groups in total. The van der Waals surface area contributed by atoms with Crippen LogP contribution in [0.4, 0.5) is 13.2 Å². The summed E-state index contributed by atoms with van der Waals surface area (Å²) in [6, 6.07) is 3.72. The summed E-state index contributed by atoms with van der Waals surface area (Å²) in [6.45, 7) is 4.57. The summed E-state index contributed by atoms with van der Waals surface area (Å²) in [5, 5.41) is 9.30. The molecule has 0 aliphatic heterocycles. The fraction of sp³-hybridized carbons (Fsp3) is 0.353.